The number of carboxylic acids is 1. The zero-order valence-electron chi connectivity index (χ0n) is 30.4. The Balaban J connectivity index is 1.18. The highest BCUT2D eigenvalue weighted by Gasteiger charge is 2.24. The zero-order chi connectivity index (χ0) is 38.0. The third-order valence-electron chi connectivity index (χ3n) is 9.21. The number of fused-ring (bicyclic) bond motifs is 2. The van der Waals surface area contributed by atoms with Crippen molar-refractivity contribution in [2.24, 2.45) is 0 Å². The molecule has 54 heavy (non-hydrogen) atoms. The maximum absolute atomic E-state index is 13.3. The second-order valence-corrected chi connectivity index (χ2v) is 14.0. The Morgan fingerprint density at radius 1 is 0.889 bits per heavy atom. The van der Waals surface area contributed by atoms with E-state index in [1.807, 2.05) is 104 Å². The molecule has 0 unspecified atom stereocenters. The van der Waals surface area contributed by atoms with Gasteiger partial charge in [-0.15, -0.1) is 0 Å². The Labute approximate surface area is 312 Å². The largest absolute Gasteiger partial charge is 0.478 e. The van der Waals surface area contributed by atoms with Gasteiger partial charge in [0.15, 0.2) is 0 Å². The maximum Gasteiger partial charge on any atom is 0.419 e. The van der Waals surface area contributed by atoms with Crippen molar-refractivity contribution in [1.29, 1.82) is 0 Å². The van der Waals surface area contributed by atoms with Gasteiger partial charge in [-0.1, -0.05) is 66.7 Å². The van der Waals surface area contributed by atoms with Crippen LogP contribution in [-0.4, -0.2) is 60.9 Å². The minimum atomic E-state index is -1.01. The highest BCUT2D eigenvalue weighted by Crippen LogP contribution is 2.32. The topological polar surface area (TPSA) is 140 Å². The van der Waals surface area contributed by atoms with Gasteiger partial charge in [-0.05, 0) is 74.2 Å². The fourth-order valence-electron chi connectivity index (χ4n) is 6.64. The van der Waals surface area contributed by atoms with Gasteiger partial charge in [-0.3, -0.25) is 9.36 Å². The first-order chi connectivity index (χ1) is 26.0. The molecule has 7 rings (SSSR count). The molecular weight excluding hydrogens is 681 g/mol. The number of likely N-dealkylation sites (N-methyl/N-ethyl adjacent to an activating group) is 1. The molecule has 7 aromatic rings. The van der Waals surface area contributed by atoms with Crippen LogP contribution in [0.25, 0.3) is 49.9 Å². The Bertz CT molecular complexity index is 2500. The summed E-state index contributed by atoms with van der Waals surface area (Å²) >= 11 is 0. The van der Waals surface area contributed by atoms with Gasteiger partial charge in [0.1, 0.15) is 5.60 Å². The molecule has 0 aliphatic rings. The van der Waals surface area contributed by atoms with E-state index in [0.29, 0.717) is 35.1 Å². The molecule has 0 saturated carbocycles. The number of nitrogens with one attached hydrogen (secondary N) is 2. The minimum Gasteiger partial charge on any atom is -0.478 e. The summed E-state index contributed by atoms with van der Waals surface area (Å²) in [6, 6.07) is 29.8. The molecule has 0 spiro atoms. The number of aromatic carboxylic acids is 1. The molecule has 0 radical (unpaired) electrons. The fourth-order valence-corrected chi connectivity index (χ4v) is 6.64. The zero-order valence-corrected chi connectivity index (χ0v) is 30.4. The standard InChI is InChI=1S/C43H40N6O5/c1-43(2,3)54-42(53)49-25-30(31-9-6-8-12-39(31)49)22-37(40(50)44-4)46-24-27-13-18-38(48-20-19-45-26-48)33(21-27)28-14-16-29(17-15-28)36-23-34(41(51)52)32-10-5-7-11-35(32)47-36/h5-21,23,25-26,37,46H,22,24H2,1-4H3,(H,44,50)(H,51,52)/t37-/m1/s1. The minimum absolute atomic E-state index is 0.177. The van der Waals surface area contributed by atoms with Gasteiger partial charge in [0.25, 0.3) is 0 Å². The average molecular weight is 721 g/mol. The van der Waals surface area contributed by atoms with Crippen molar-refractivity contribution in [2.75, 3.05) is 7.05 Å². The number of para-hydroxylation sites is 2. The van der Waals surface area contributed by atoms with Crippen molar-refractivity contribution >= 4 is 39.8 Å². The molecule has 3 N–H and O–H groups in total. The number of ether oxygens (including phenoxy) is 1. The Morgan fingerprint density at radius 2 is 1.61 bits per heavy atom. The summed E-state index contributed by atoms with van der Waals surface area (Å²) in [5, 5.41) is 17.6. The van der Waals surface area contributed by atoms with E-state index in [9.17, 15) is 19.5 Å². The number of rotatable bonds is 10. The summed E-state index contributed by atoms with van der Waals surface area (Å²) in [5.41, 5.74) is 6.79. The molecule has 0 fully saturated rings. The van der Waals surface area contributed by atoms with Crippen molar-refractivity contribution < 1.29 is 24.2 Å². The van der Waals surface area contributed by atoms with Crippen molar-refractivity contribution in [1.82, 2.24) is 29.7 Å². The van der Waals surface area contributed by atoms with E-state index in [1.165, 1.54) is 4.57 Å². The summed E-state index contributed by atoms with van der Waals surface area (Å²) < 4.78 is 9.11. The van der Waals surface area contributed by atoms with Crippen LogP contribution in [0.4, 0.5) is 4.79 Å². The van der Waals surface area contributed by atoms with E-state index in [1.54, 1.807) is 44.0 Å². The number of imidazole rings is 1. The first kappa shape index (κ1) is 35.8. The number of amides is 1. The van der Waals surface area contributed by atoms with Gasteiger partial charge in [-0.2, -0.15) is 0 Å². The molecular formula is C43H40N6O5. The molecule has 1 atom stereocenters. The lowest BCUT2D eigenvalue weighted by Crippen LogP contribution is -2.44. The number of aromatic nitrogens is 4. The Kier molecular flexibility index (Phi) is 9.81. The van der Waals surface area contributed by atoms with Crippen molar-refractivity contribution in [3.63, 3.8) is 0 Å². The van der Waals surface area contributed by atoms with Crippen LogP contribution in [0.1, 0.15) is 42.3 Å². The number of carbonyl (C=O) groups is 3. The number of nitrogens with zero attached hydrogens (tertiary/aromatic N) is 4. The first-order valence-electron chi connectivity index (χ1n) is 17.6. The van der Waals surface area contributed by atoms with Crippen LogP contribution in [0.15, 0.2) is 122 Å². The van der Waals surface area contributed by atoms with Gasteiger partial charge in [0.05, 0.1) is 40.3 Å². The van der Waals surface area contributed by atoms with Crippen LogP contribution < -0.4 is 10.6 Å². The van der Waals surface area contributed by atoms with E-state index in [-0.39, 0.29) is 11.5 Å². The summed E-state index contributed by atoms with van der Waals surface area (Å²) in [4.78, 5) is 47.5. The molecule has 4 aromatic carbocycles. The quantitative estimate of drug-likeness (QED) is 0.131. The van der Waals surface area contributed by atoms with Crippen LogP contribution in [0, 0.1) is 0 Å². The molecule has 0 bridgehead atoms. The van der Waals surface area contributed by atoms with Gasteiger partial charge in [0.2, 0.25) is 5.91 Å². The second-order valence-electron chi connectivity index (χ2n) is 14.0. The number of carbonyl (C=O) groups excluding carboxylic acids is 2. The Morgan fingerprint density at radius 3 is 2.31 bits per heavy atom. The molecule has 0 aliphatic carbocycles. The molecule has 272 valence electrons. The van der Waals surface area contributed by atoms with E-state index in [0.717, 1.165) is 38.9 Å². The second kappa shape index (κ2) is 14.8. The van der Waals surface area contributed by atoms with Gasteiger partial charge in [0, 0.05) is 54.1 Å². The normalized spacial score (nSPS) is 12.1. The summed E-state index contributed by atoms with van der Waals surface area (Å²) in [6.07, 6.45) is 6.96. The van der Waals surface area contributed by atoms with Crippen molar-refractivity contribution in [3.8, 4) is 28.1 Å². The lowest BCUT2D eigenvalue weighted by molar-refractivity contribution is -0.122. The van der Waals surface area contributed by atoms with E-state index >= 15 is 0 Å². The van der Waals surface area contributed by atoms with Crippen LogP contribution in [0.5, 0.6) is 0 Å². The molecule has 1 amide bonds. The van der Waals surface area contributed by atoms with Gasteiger partial charge >= 0.3 is 12.1 Å². The number of hydrogen-bond acceptors (Lipinski definition) is 7. The monoisotopic (exact) mass is 720 g/mol. The predicted octanol–water partition coefficient (Wildman–Crippen LogP) is 7.64. The predicted molar refractivity (Wildman–Crippen MR) is 209 cm³/mol. The molecule has 11 heteroatoms. The van der Waals surface area contributed by atoms with Gasteiger partial charge < -0.3 is 25.0 Å². The number of pyridine rings is 1. The van der Waals surface area contributed by atoms with E-state index in [4.69, 9.17) is 9.72 Å². The molecule has 3 heterocycles. The lowest BCUT2D eigenvalue weighted by Gasteiger charge is -2.20. The number of hydrogen-bond donors (Lipinski definition) is 3. The van der Waals surface area contributed by atoms with E-state index < -0.39 is 23.7 Å². The molecule has 0 aliphatic heterocycles. The van der Waals surface area contributed by atoms with E-state index in [2.05, 4.69) is 21.7 Å². The maximum atomic E-state index is 13.3. The summed E-state index contributed by atoms with van der Waals surface area (Å²) in [7, 11) is 1.61. The average Bonchev–Trinajstić information content (AvgIpc) is 3.84. The molecule has 11 nitrogen and oxygen atoms in total. The Hall–Kier alpha value is -6.59. The first-order valence-corrected chi connectivity index (χ1v) is 17.6. The summed E-state index contributed by atoms with van der Waals surface area (Å²) in [5.74, 6) is -1.18. The lowest BCUT2D eigenvalue weighted by atomic mass is 9.97. The van der Waals surface area contributed by atoms with Crippen molar-refractivity contribution in [2.45, 2.75) is 45.4 Å². The molecule has 3 aromatic heterocycles. The number of benzene rings is 4. The van der Waals surface area contributed by atoms with Crippen molar-refractivity contribution in [3.05, 3.63) is 139 Å². The fraction of sp³-hybridized carbons (Fsp3) is 0.186. The van der Waals surface area contributed by atoms with Crippen LogP contribution in [-0.2, 0) is 22.5 Å². The number of carboxylic acid groups (broad SMARTS) is 1. The van der Waals surface area contributed by atoms with Crippen LogP contribution in [0.2, 0.25) is 0 Å². The van der Waals surface area contributed by atoms with Crippen LogP contribution >= 0.6 is 0 Å². The van der Waals surface area contributed by atoms with Crippen LogP contribution in [0.3, 0.4) is 0 Å². The third kappa shape index (κ3) is 7.48. The molecule has 0 saturated heterocycles. The highest BCUT2D eigenvalue weighted by atomic mass is 16.6. The third-order valence-corrected chi connectivity index (χ3v) is 9.21. The summed E-state index contributed by atoms with van der Waals surface area (Å²) in [6.45, 7) is 5.87. The highest BCUT2D eigenvalue weighted by molar-refractivity contribution is 6.03. The van der Waals surface area contributed by atoms with Gasteiger partial charge in [-0.25, -0.2) is 19.6 Å². The smallest absolute Gasteiger partial charge is 0.419 e. The SMILES string of the molecule is CNC(=O)[C@@H](Cc1cn(C(=O)OC(C)(C)C)c2ccccc12)NCc1ccc(-n2ccnc2)c(-c2ccc(-c3cc(C(=O)O)c4ccccc4n3)cc2)c1.